The van der Waals surface area contributed by atoms with Crippen molar-refractivity contribution >= 4 is 40.2 Å². The molecule has 0 radical (unpaired) electrons. The van der Waals surface area contributed by atoms with Crippen molar-refractivity contribution in [2.24, 2.45) is 11.8 Å². The summed E-state index contributed by atoms with van der Waals surface area (Å²) in [6, 6.07) is 21.6. The highest BCUT2D eigenvalue weighted by Crippen LogP contribution is 2.23. The van der Waals surface area contributed by atoms with Crippen molar-refractivity contribution in [1.29, 1.82) is 0 Å². The van der Waals surface area contributed by atoms with Gasteiger partial charge >= 0.3 is 5.97 Å². The Hall–Kier alpha value is -4.50. The molecule has 2 aliphatic heterocycles. The van der Waals surface area contributed by atoms with Crippen LogP contribution in [0.3, 0.4) is 0 Å². The summed E-state index contributed by atoms with van der Waals surface area (Å²) in [5.74, 6) is -2.74. The number of hydrogen-bond acceptors (Lipinski definition) is 6. The largest absolute Gasteiger partial charge is 0.463 e. The van der Waals surface area contributed by atoms with Crippen LogP contribution in [0, 0.1) is 11.8 Å². The maximum absolute atomic E-state index is 13.7. The highest BCUT2D eigenvalue weighted by Gasteiger charge is 2.33. The number of likely N-dealkylation sites (tertiary alicyclic amines) is 1. The lowest BCUT2D eigenvalue weighted by molar-refractivity contribution is -0.151. The standard InChI is InChI=1S/C37H43N3O6/c41-24-32-17-10-20-40(32)34(42)23-29-15-6-1-2-7-16-30(21-26-11-4-3-5-12-26)37(45)46-25-33(39-35(29)43)36(44)38-31-19-18-27-13-8-9-14-28(27)22-31/h1,3-6,8-9,11-14,18-19,22,29-30,32-33,41H,2,7,10,15-17,20-21,23-25H2,(H,38,44)(H,39,43)/t29-,30-,32+,33+/m1/s1. The summed E-state index contributed by atoms with van der Waals surface area (Å²) in [6.07, 6.45) is 8.29. The van der Waals surface area contributed by atoms with Crippen molar-refractivity contribution in [1.82, 2.24) is 10.2 Å². The minimum absolute atomic E-state index is 0.0510. The van der Waals surface area contributed by atoms with Gasteiger partial charge in [-0.1, -0.05) is 72.8 Å². The molecule has 0 aromatic heterocycles. The van der Waals surface area contributed by atoms with Gasteiger partial charge in [0.2, 0.25) is 11.8 Å². The summed E-state index contributed by atoms with van der Waals surface area (Å²) in [5.41, 5.74) is 1.57. The van der Waals surface area contributed by atoms with Crippen molar-refractivity contribution in [3.05, 3.63) is 90.5 Å². The van der Waals surface area contributed by atoms with E-state index < -0.39 is 35.7 Å². The van der Waals surface area contributed by atoms with Crippen LogP contribution in [-0.4, -0.2) is 65.5 Å². The van der Waals surface area contributed by atoms with Gasteiger partial charge in [0.15, 0.2) is 0 Å². The number of fused-ring (bicyclic) bond motifs is 1. The van der Waals surface area contributed by atoms with E-state index in [9.17, 15) is 24.3 Å². The molecule has 3 aromatic carbocycles. The van der Waals surface area contributed by atoms with Gasteiger partial charge in [-0.2, -0.15) is 0 Å². The number of nitrogens with one attached hydrogen (secondary N) is 2. The van der Waals surface area contributed by atoms with Crippen molar-refractivity contribution in [2.75, 3.05) is 25.1 Å². The second-order valence-corrected chi connectivity index (χ2v) is 12.2. The lowest BCUT2D eigenvalue weighted by Crippen LogP contribution is -2.50. The first-order valence-corrected chi connectivity index (χ1v) is 16.3. The topological polar surface area (TPSA) is 125 Å². The van der Waals surface area contributed by atoms with Crippen molar-refractivity contribution in [3.63, 3.8) is 0 Å². The summed E-state index contributed by atoms with van der Waals surface area (Å²) in [5, 5.41) is 17.4. The predicted molar refractivity (Wildman–Crippen MR) is 177 cm³/mol. The molecule has 3 N–H and O–H groups in total. The molecule has 0 spiro atoms. The van der Waals surface area contributed by atoms with E-state index in [4.69, 9.17) is 4.74 Å². The first kappa shape index (κ1) is 32.9. The first-order chi connectivity index (χ1) is 22.4. The molecule has 9 nitrogen and oxygen atoms in total. The number of rotatable bonds is 7. The first-order valence-electron chi connectivity index (χ1n) is 16.3. The van der Waals surface area contributed by atoms with Crippen LogP contribution < -0.4 is 10.6 Å². The molecule has 2 heterocycles. The van der Waals surface area contributed by atoms with E-state index in [0.29, 0.717) is 31.5 Å². The second kappa shape index (κ2) is 16.2. The highest BCUT2D eigenvalue weighted by atomic mass is 16.5. The van der Waals surface area contributed by atoms with Crippen molar-refractivity contribution in [2.45, 2.75) is 63.5 Å². The molecule has 1 fully saturated rings. The predicted octanol–water partition coefficient (Wildman–Crippen LogP) is 4.79. The molecule has 2 aliphatic rings. The third-order valence-corrected chi connectivity index (χ3v) is 8.91. The molecule has 5 rings (SSSR count). The van der Waals surface area contributed by atoms with Crippen LogP contribution in [0.1, 0.15) is 50.5 Å². The minimum Gasteiger partial charge on any atom is -0.463 e. The van der Waals surface area contributed by atoms with E-state index in [2.05, 4.69) is 10.6 Å². The Morgan fingerprint density at radius 2 is 1.70 bits per heavy atom. The van der Waals surface area contributed by atoms with E-state index in [1.54, 1.807) is 11.0 Å². The number of nitrogens with zero attached hydrogens (tertiary/aromatic N) is 1. The molecule has 0 aliphatic carbocycles. The van der Waals surface area contributed by atoms with Gasteiger partial charge in [-0.25, -0.2) is 0 Å². The molecule has 9 heteroatoms. The molecule has 0 saturated carbocycles. The van der Waals surface area contributed by atoms with Gasteiger partial charge in [0.25, 0.3) is 5.91 Å². The van der Waals surface area contributed by atoms with Crippen molar-refractivity contribution < 1.29 is 29.0 Å². The SMILES string of the molecule is O=C1N[C@H](C(=O)Nc2ccc3ccccc3c2)COC(=O)[C@@H](Cc2ccccc2)CCCC=CC[C@@H]1CC(=O)N1CCC[C@H]1CO. The number of ether oxygens (including phenoxy) is 1. The average Bonchev–Trinajstić information content (AvgIpc) is 3.56. The summed E-state index contributed by atoms with van der Waals surface area (Å²) in [4.78, 5) is 55.7. The number of esters is 1. The number of aliphatic hydroxyl groups is 1. The molecule has 3 aromatic rings. The molecular weight excluding hydrogens is 582 g/mol. The number of aliphatic hydroxyl groups excluding tert-OH is 1. The van der Waals surface area contributed by atoms with E-state index in [1.807, 2.05) is 78.9 Å². The summed E-state index contributed by atoms with van der Waals surface area (Å²) in [6.45, 7) is 0.0891. The Labute approximate surface area is 270 Å². The fourth-order valence-electron chi connectivity index (χ4n) is 6.28. The van der Waals surface area contributed by atoms with E-state index in [0.717, 1.165) is 42.0 Å². The number of hydrogen-bond donors (Lipinski definition) is 3. The number of carbonyl (C=O) groups is 4. The summed E-state index contributed by atoms with van der Waals surface area (Å²) in [7, 11) is 0. The van der Waals surface area contributed by atoms with E-state index >= 15 is 0 Å². The van der Waals surface area contributed by atoms with Crippen LogP contribution in [0.5, 0.6) is 0 Å². The van der Waals surface area contributed by atoms with Gasteiger partial charge in [0, 0.05) is 18.7 Å². The molecule has 4 atom stereocenters. The number of cyclic esters (lactones) is 1. The fraction of sp³-hybridized carbons (Fsp3) is 0.405. The Balaban J connectivity index is 1.36. The van der Waals surface area contributed by atoms with Crippen LogP contribution in [0.25, 0.3) is 10.8 Å². The second-order valence-electron chi connectivity index (χ2n) is 12.2. The Morgan fingerprint density at radius 1 is 0.913 bits per heavy atom. The van der Waals surface area contributed by atoms with Gasteiger partial charge < -0.3 is 25.4 Å². The normalized spacial score (nSPS) is 22.9. The molecule has 1 saturated heterocycles. The Kier molecular flexibility index (Phi) is 11.6. The number of anilines is 1. The quantitative estimate of drug-likeness (QED) is 0.256. The van der Waals surface area contributed by atoms with Gasteiger partial charge in [-0.05, 0) is 73.4 Å². The fourth-order valence-corrected chi connectivity index (χ4v) is 6.28. The van der Waals surface area contributed by atoms with Gasteiger partial charge in [0.05, 0.1) is 24.5 Å². The number of carbonyl (C=O) groups excluding carboxylic acids is 4. The van der Waals surface area contributed by atoms with Crippen LogP contribution >= 0.6 is 0 Å². The molecule has 0 unspecified atom stereocenters. The summed E-state index contributed by atoms with van der Waals surface area (Å²) < 4.78 is 5.75. The molecule has 46 heavy (non-hydrogen) atoms. The Morgan fingerprint density at radius 3 is 2.50 bits per heavy atom. The lowest BCUT2D eigenvalue weighted by Gasteiger charge is -2.26. The summed E-state index contributed by atoms with van der Waals surface area (Å²) >= 11 is 0. The molecule has 3 amide bonds. The zero-order valence-corrected chi connectivity index (χ0v) is 26.1. The Bertz CT molecular complexity index is 1540. The van der Waals surface area contributed by atoms with Crippen LogP contribution in [-0.2, 0) is 30.3 Å². The molecular formula is C37H43N3O6. The third kappa shape index (κ3) is 8.81. The lowest BCUT2D eigenvalue weighted by atomic mass is 9.93. The number of benzene rings is 3. The number of amides is 3. The zero-order valence-electron chi connectivity index (χ0n) is 26.1. The molecule has 0 bridgehead atoms. The van der Waals surface area contributed by atoms with Gasteiger partial charge in [-0.3, -0.25) is 19.2 Å². The monoisotopic (exact) mass is 625 g/mol. The zero-order chi connectivity index (χ0) is 32.3. The smallest absolute Gasteiger partial charge is 0.309 e. The van der Waals surface area contributed by atoms with Crippen LogP contribution in [0.15, 0.2) is 84.9 Å². The maximum Gasteiger partial charge on any atom is 0.309 e. The van der Waals surface area contributed by atoms with Gasteiger partial charge in [0.1, 0.15) is 12.6 Å². The van der Waals surface area contributed by atoms with Crippen LogP contribution in [0.4, 0.5) is 5.69 Å². The van der Waals surface area contributed by atoms with Gasteiger partial charge in [-0.15, -0.1) is 0 Å². The minimum atomic E-state index is -1.18. The highest BCUT2D eigenvalue weighted by molar-refractivity contribution is 5.99. The average molecular weight is 626 g/mol. The van der Waals surface area contributed by atoms with Crippen molar-refractivity contribution in [3.8, 4) is 0 Å². The van der Waals surface area contributed by atoms with Crippen LogP contribution in [0.2, 0.25) is 0 Å². The molecule has 242 valence electrons. The van der Waals surface area contributed by atoms with E-state index in [-0.39, 0.29) is 31.6 Å². The maximum atomic E-state index is 13.7. The third-order valence-electron chi connectivity index (χ3n) is 8.91. The van der Waals surface area contributed by atoms with E-state index in [1.165, 1.54) is 0 Å². The number of allylic oxidation sites excluding steroid dienone is 2.